The van der Waals surface area contributed by atoms with E-state index in [2.05, 4.69) is 0 Å². The van der Waals surface area contributed by atoms with Crippen molar-refractivity contribution < 1.29 is 4.79 Å². The molecular weight excluding hydrogens is 232 g/mol. The summed E-state index contributed by atoms with van der Waals surface area (Å²) in [4.78, 5) is 12.2. The maximum Gasteiger partial charge on any atom is 0.193 e. The summed E-state index contributed by atoms with van der Waals surface area (Å²) < 4.78 is 0. The molecular formula is C15H13ClO. The molecule has 0 heterocycles. The molecule has 0 amide bonds. The average molecular weight is 245 g/mol. The van der Waals surface area contributed by atoms with Crippen LogP contribution >= 0.6 is 11.6 Å². The molecule has 0 saturated carbocycles. The van der Waals surface area contributed by atoms with E-state index < -0.39 is 0 Å². The molecule has 0 fully saturated rings. The molecule has 2 rings (SSSR count). The highest BCUT2D eigenvalue weighted by atomic mass is 35.5. The van der Waals surface area contributed by atoms with Gasteiger partial charge in [-0.15, -0.1) is 0 Å². The van der Waals surface area contributed by atoms with E-state index in [-0.39, 0.29) is 5.78 Å². The molecule has 2 aromatic rings. The summed E-state index contributed by atoms with van der Waals surface area (Å²) in [5.41, 5.74) is 3.47. The monoisotopic (exact) mass is 244 g/mol. The Balaban J connectivity index is 2.40. The molecule has 2 heteroatoms. The summed E-state index contributed by atoms with van der Waals surface area (Å²) in [7, 11) is 0. The Morgan fingerprint density at radius 3 is 2.24 bits per heavy atom. The number of carbonyl (C=O) groups excluding carboxylic acids is 1. The van der Waals surface area contributed by atoms with Crippen molar-refractivity contribution in [2.75, 3.05) is 0 Å². The van der Waals surface area contributed by atoms with Crippen LogP contribution in [0.3, 0.4) is 0 Å². The van der Waals surface area contributed by atoms with Gasteiger partial charge in [0.2, 0.25) is 0 Å². The molecule has 0 spiro atoms. The number of hydrogen-bond acceptors (Lipinski definition) is 1. The second-order valence-electron chi connectivity index (χ2n) is 4.15. The van der Waals surface area contributed by atoms with Gasteiger partial charge in [-0.1, -0.05) is 41.4 Å². The lowest BCUT2D eigenvalue weighted by Gasteiger charge is -2.05. The zero-order chi connectivity index (χ0) is 12.4. The first-order valence-electron chi connectivity index (χ1n) is 5.45. The molecule has 0 unspecified atom stereocenters. The van der Waals surface area contributed by atoms with Gasteiger partial charge in [-0.2, -0.15) is 0 Å². The molecule has 0 aromatic heterocycles. The summed E-state index contributed by atoms with van der Waals surface area (Å²) >= 11 is 5.88. The van der Waals surface area contributed by atoms with E-state index in [0.29, 0.717) is 16.1 Å². The van der Waals surface area contributed by atoms with Gasteiger partial charge in [0.1, 0.15) is 0 Å². The first kappa shape index (κ1) is 11.9. The highest BCUT2D eigenvalue weighted by molar-refractivity contribution is 6.30. The number of carbonyl (C=O) groups is 1. The van der Waals surface area contributed by atoms with Crippen LogP contribution in [0.25, 0.3) is 0 Å². The Morgan fingerprint density at radius 1 is 1.00 bits per heavy atom. The normalized spacial score (nSPS) is 10.3. The maximum absolute atomic E-state index is 12.2. The minimum absolute atomic E-state index is 0.0409. The third kappa shape index (κ3) is 2.56. The summed E-state index contributed by atoms with van der Waals surface area (Å²) in [6.07, 6.45) is 0. The predicted molar refractivity (Wildman–Crippen MR) is 70.8 cm³/mol. The minimum atomic E-state index is 0.0409. The van der Waals surface area contributed by atoms with E-state index in [1.54, 1.807) is 12.1 Å². The van der Waals surface area contributed by atoms with Crippen LogP contribution in [0.15, 0.2) is 42.5 Å². The van der Waals surface area contributed by atoms with Crippen LogP contribution in [0.1, 0.15) is 27.0 Å². The lowest BCUT2D eigenvalue weighted by Crippen LogP contribution is -2.03. The molecule has 86 valence electrons. The Hall–Kier alpha value is -1.60. The van der Waals surface area contributed by atoms with Crippen LogP contribution in [-0.4, -0.2) is 5.78 Å². The highest BCUT2D eigenvalue weighted by Gasteiger charge is 2.11. The molecule has 0 aliphatic carbocycles. The third-order valence-electron chi connectivity index (χ3n) is 2.75. The standard InChI is InChI=1S/C15H13ClO/c1-10-3-5-12(6-4-10)15(17)14-8-7-13(16)9-11(14)2/h3-9H,1-2H3. The van der Waals surface area contributed by atoms with E-state index in [0.717, 1.165) is 11.1 Å². The smallest absolute Gasteiger partial charge is 0.193 e. The van der Waals surface area contributed by atoms with Crippen molar-refractivity contribution in [2.45, 2.75) is 13.8 Å². The Morgan fingerprint density at radius 2 is 1.65 bits per heavy atom. The van der Waals surface area contributed by atoms with Crippen molar-refractivity contribution in [2.24, 2.45) is 0 Å². The second kappa shape index (κ2) is 4.72. The van der Waals surface area contributed by atoms with Gasteiger partial charge in [0.05, 0.1) is 0 Å². The van der Waals surface area contributed by atoms with Crippen LogP contribution < -0.4 is 0 Å². The van der Waals surface area contributed by atoms with Gasteiger partial charge < -0.3 is 0 Å². The predicted octanol–water partition coefficient (Wildman–Crippen LogP) is 4.19. The second-order valence-corrected chi connectivity index (χ2v) is 4.59. The highest BCUT2D eigenvalue weighted by Crippen LogP contribution is 2.18. The molecule has 0 saturated heterocycles. The van der Waals surface area contributed by atoms with E-state index in [1.807, 2.05) is 44.2 Å². The summed E-state index contributed by atoms with van der Waals surface area (Å²) in [6, 6.07) is 12.9. The lowest BCUT2D eigenvalue weighted by atomic mass is 9.98. The van der Waals surface area contributed by atoms with Gasteiger partial charge in [0.25, 0.3) is 0 Å². The summed E-state index contributed by atoms with van der Waals surface area (Å²) in [5.74, 6) is 0.0409. The van der Waals surface area contributed by atoms with Crippen LogP contribution in [0.5, 0.6) is 0 Å². The average Bonchev–Trinajstić information content (AvgIpc) is 2.29. The lowest BCUT2D eigenvalue weighted by molar-refractivity contribution is 0.103. The molecule has 1 nitrogen and oxygen atoms in total. The molecule has 0 atom stereocenters. The SMILES string of the molecule is Cc1ccc(C(=O)c2ccc(Cl)cc2C)cc1. The van der Waals surface area contributed by atoms with Crippen molar-refractivity contribution in [3.63, 3.8) is 0 Å². The third-order valence-corrected chi connectivity index (χ3v) is 2.98. The van der Waals surface area contributed by atoms with Gasteiger partial charge >= 0.3 is 0 Å². The van der Waals surface area contributed by atoms with Gasteiger partial charge in [-0.3, -0.25) is 4.79 Å². The van der Waals surface area contributed by atoms with Crippen molar-refractivity contribution in [1.29, 1.82) is 0 Å². The quantitative estimate of drug-likeness (QED) is 0.724. The zero-order valence-corrected chi connectivity index (χ0v) is 10.6. The Bertz CT molecular complexity index is 556. The summed E-state index contributed by atoms with van der Waals surface area (Å²) in [5, 5.41) is 0.656. The van der Waals surface area contributed by atoms with Crippen LogP contribution in [0, 0.1) is 13.8 Å². The van der Waals surface area contributed by atoms with Gasteiger partial charge in [0, 0.05) is 16.1 Å². The van der Waals surface area contributed by atoms with E-state index in [9.17, 15) is 4.79 Å². The molecule has 0 aliphatic heterocycles. The zero-order valence-electron chi connectivity index (χ0n) is 9.83. The fourth-order valence-electron chi connectivity index (χ4n) is 1.74. The molecule has 0 aliphatic rings. The van der Waals surface area contributed by atoms with Gasteiger partial charge in [0.15, 0.2) is 5.78 Å². The number of hydrogen-bond donors (Lipinski definition) is 0. The van der Waals surface area contributed by atoms with Crippen molar-refractivity contribution in [3.8, 4) is 0 Å². The van der Waals surface area contributed by atoms with E-state index in [4.69, 9.17) is 11.6 Å². The number of benzene rings is 2. The molecule has 0 bridgehead atoms. The molecule has 0 N–H and O–H groups in total. The van der Waals surface area contributed by atoms with Crippen molar-refractivity contribution in [3.05, 3.63) is 69.7 Å². The molecule has 17 heavy (non-hydrogen) atoms. The maximum atomic E-state index is 12.2. The Kier molecular flexibility index (Phi) is 3.30. The van der Waals surface area contributed by atoms with Crippen LogP contribution in [0.4, 0.5) is 0 Å². The van der Waals surface area contributed by atoms with Gasteiger partial charge in [-0.25, -0.2) is 0 Å². The van der Waals surface area contributed by atoms with Crippen LogP contribution in [-0.2, 0) is 0 Å². The minimum Gasteiger partial charge on any atom is -0.289 e. The largest absolute Gasteiger partial charge is 0.289 e. The fourth-order valence-corrected chi connectivity index (χ4v) is 1.97. The number of halogens is 1. The summed E-state index contributed by atoms with van der Waals surface area (Å²) in [6.45, 7) is 3.90. The number of ketones is 1. The number of rotatable bonds is 2. The number of aryl methyl sites for hydroxylation is 2. The van der Waals surface area contributed by atoms with E-state index >= 15 is 0 Å². The van der Waals surface area contributed by atoms with Crippen molar-refractivity contribution in [1.82, 2.24) is 0 Å². The topological polar surface area (TPSA) is 17.1 Å². The van der Waals surface area contributed by atoms with E-state index in [1.165, 1.54) is 0 Å². The molecule has 0 radical (unpaired) electrons. The van der Waals surface area contributed by atoms with Crippen molar-refractivity contribution >= 4 is 17.4 Å². The fraction of sp³-hybridized carbons (Fsp3) is 0.133. The van der Waals surface area contributed by atoms with Gasteiger partial charge in [-0.05, 0) is 37.6 Å². The first-order chi connectivity index (χ1) is 8.08. The molecule has 2 aromatic carbocycles. The van der Waals surface area contributed by atoms with Crippen LogP contribution in [0.2, 0.25) is 5.02 Å². The Labute approximate surface area is 106 Å². The first-order valence-corrected chi connectivity index (χ1v) is 5.83.